The molecule has 2 aromatic rings. The number of aromatic nitrogens is 2. The third kappa shape index (κ3) is 3.92. The predicted molar refractivity (Wildman–Crippen MR) is 120 cm³/mol. The molecule has 0 N–H and O–H groups in total. The van der Waals surface area contributed by atoms with Crippen molar-refractivity contribution in [2.24, 2.45) is 0 Å². The van der Waals surface area contributed by atoms with Gasteiger partial charge in [-0.05, 0) is 71.4 Å². The summed E-state index contributed by atoms with van der Waals surface area (Å²) in [6, 6.07) is 4.68. The van der Waals surface area contributed by atoms with E-state index in [9.17, 15) is 8.42 Å². The minimum Gasteiger partial charge on any atom is -0.236 e. The molecule has 6 heteroatoms. The Balaban J connectivity index is 2.05. The monoisotopic (exact) mass is 415 g/mol. The van der Waals surface area contributed by atoms with E-state index in [-0.39, 0.29) is 10.8 Å². The van der Waals surface area contributed by atoms with Gasteiger partial charge in [-0.2, -0.15) is 12.7 Å². The van der Waals surface area contributed by atoms with Crippen molar-refractivity contribution < 1.29 is 8.42 Å². The van der Waals surface area contributed by atoms with Crippen LogP contribution in [0.15, 0.2) is 24.7 Å². The number of imidazole rings is 1. The van der Waals surface area contributed by atoms with Crippen LogP contribution in [0.1, 0.15) is 75.4 Å². The van der Waals surface area contributed by atoms with Crippen molar-refractivity contribution >= 4 is 21.9 Å². The Bertz CT molecular complexity index is 1070. The molecule has 0 atom stereocenters. The van der Waals surface area contributed by atoms with Gasteiger partial charge in [-0.15, -0.1) is 0 Å². The molecular formula is C23H33N3O2S. The summed E-state index contributed by atoms with van der Waals surface area (Å²) in [5.41, 5.74) is 7.34. The number of nitrogens with zero attached hydrogens (tertiary/aromatic N) is 3. The maximum atomic E-state index is 12.3. The zero-order chi connectivity index (χ0) is 21.8. The summed E-state index contributed by atoms with van der Waals surface area (Å²) >= 11 is 0. The molecular weight excluding hydrogens is 382 g/mol. The molecule has 3 rings (SSSR count). The number of hydrogen-bond donors (Lipinski definition) is 0. The Morgan fingerprint density at radius 2 is 1.66 bits per heavy atom. The second-order valence-corrected chi connectivity index (χ2v) is 11.8. The molecule has 1 aliphatic rings. The summed E-state index contributed by atoms with van der Waals surface area (Å²) < 4.78 is 26.9. The van der Waals surface area contributed by atoms with Gasteiger partial charge < -0.3 is 0 Å². The number of fused-ring (bicyclic) bond motifs is 1. The Kier molecular flexibility index (Phi) is 5.33. The van der Waals surface area contributed by atoms with Gasteiger partial charge in [0.1, 0.15) is 6.33 Å². The fourth-order valence-electron chi connectivity index (χ4n) is 4.16. The van der Waals surface area contributed by atoms with Gasteiger partial charge >= 0.3 is 10.2 Å². The third-order valence-corrected chi connectivity index (χ3v) is 7.95. The summed E-state index contributed by atoms with van der Waals surface area (Å²) in [5.74, 6) is 0. The molecule has 1 aromatic carbocycles. The predicted octanol–water partition coefficient (Wildman–Crippen LogP) is 4.76. The molecule has 1 aromatic heterocycles. The number of rotatable bonds is 4. The molecule has 158 valence electrons. The lowest BCUT2D eigenvalue weighted by atomic mass is 9.62. The highest BCUT2D eigenvalue weighted by molar-refractivity contribution is 7.87. The quantitative estimate of drug-likeness (QED) is 0.724. The zero-order valence-electron chi connectivity index (χ0n) is 18.9. The van der Waals surface area contributed by atoms with E-state index < -0.39 is 10.2 Å². The largest absolute Gasteiger partial charge is 0.308 e. The van der Waals surface area contributed by atoms with Gasteiger partial charge in [-0.3, -0.25) is 0 Å². The van der Waals surface area contributed by atoms with Crippen molar-refractivity contribution in [1.82, 2.24) is 13.3 Å². The Morgan fingerprint density at radius 3 is 2.21 bits per heavy atom. The summed E-state index contributed by atoms with van der Waals surface area (Å²) in [4.78, 5) is 4.28. The first-order chi connectivity index (χ1) is 13.3. The molecule has 0 aliphatic heterocycles. The molecule has 0 saturated heterocycles. The average molecular weight is 416 g/mol. The summed E-state index contributed by atoms with van der Waals surface area (Å²) in [6.45, 7) is 13.5. The Labute approximate surface area is 175 Å². The van der Waals surface area contributed by atoms with Crippen molar-refractivity contribution in [2.75, 3.05) is 14.1 Å². The van der Waals surface area contributed by atoms with E-state index in [1.54, 1.807) is 6.20 Å². The first kappa shape index (κ1) is 21.8. The molecule has 5 nitrogen and oxygen atoms in total. The SMILES string of the molecule is C/C(=C\c1cn(S(=O)(=O)N(C)C)cn1)c1cc2c(cc1C)C(C)(C)CCC2(C)C. The molecule has 29 heavy (non-hydrogen) atoms. The van der Waals surface area contributed by atoms with E-state index in [0.717, 1.165) is 9.55 Å². The molecule has 0 spiro atoms. The molecule has 0 fully saturated rings. The standard InChI is InChI=1S/C23H33N3O2S/c1-16(11-18-14-26(15-24-18)29(27,28)25(7)8)19-13-21-20(12-17(19)2)22(3,4)9-10-23(21,5)6/h11-15H,9-10H2,1-8H3/b16-11+. The Hall–Kier alpha value is -1.92. The van der Waals surface area contributed by atoms with Crippen molar-refractivity contribution in [3.05, 3.63) is 52.6 Å². The van der Waals surface area contributed by atoms with Gasteiger partial charge in [0.05, 0.1) is 5.69 Å². The molecule has 0 unspecified atom stereocenters. The van der Waals surface area contributed by atoms with Crippen LogP contribution in [0.3, 0.4) is 0 Å². The van der Waals surface area contributed by atoms with Crippen LogP contribution in [0.4, 0.5) is 0 Å². The highest BCUT2D eigenvalue weighted by atomic mass is 32.2. The van der Waals surface area contributed by atoms with Crippen LogP contribution in [-0.2, 0) is 21.0 Å². The van der Waals surface area contributed by atoms with Crippen LogP contribution in [-0.4, -0.2) is 35.8 Å². The normalized spacial score (nSPS) is 18.7. The fourth-order valence-corrected chi connectivity index (χ4v) is 4.94. The summed E-state index contributed by atoms with van der Waals surface area (Å²) in [5, 5.41) is 0. The second kappa shape index (κ2) is 7.10. The average Bonchev–Trinajstić information content (AvgIpc) is 3.07. The minimum atomic E-state index is -3.55. The minimum absolute atomic E-state index is 0.148. The van der Waals surface area contributed by atoms with E-state index in [4.69, 9.17) is 0 Å². The van der Waals surface area contributed by atoms with Crippen LogP contribution in [0.2, 0.25) is 0 Å². The fraction of sp³-hybridized carbons (Fsp3) is 0.522. The van der Waals surface area contributed by atoms with E-state index >= 15 is 0 Å². The maximum absolute atomic E-state index is 12.3. The molecule has 1 aliphatic carbocycles. The lowest BCUT2D eigenvalue weighted by molar-refractivity contribution is 0.331. The molecule has 0 bridgehead atoms. The van der Waals surface area contributed by atoms with Gasteiger partial charge in [-0.1, -0.05) is 39.8 Å². The van der Waals surface area contributed by atoms with E-state index in [1.807, 2.05) is 6.08 Å². The third-order valence-electron chi connectivity index (χ3n) is 6.29. The highest BCUT2D eigenvalue weighted by Gasteiger charge is 2.37. The molecule has 1 heterocycles. The van der Waals surface area contributed by atoms with Gasteiger partial charge in [0.15, 0.2) is 0 Å². The van der Waals surface area contributed by atoms with Crippen LogP contribution in [0, 0.1) is 6.92 Å². The van der Waals surface area contributed by atoms with Crippen LogP contribution in [0.25, 0.3) is 11.6 Å². The molecule has 0 saturated carbocycles. The van der Waals surface area contributed by atoms with Crippen LogP contribution in [0.5, 0.6) is 0 Å². The van der Waals surface area contributed by atoms with Crippen LogP contribution >= 0.6 is 0 Å². The van der Waals surface area contributed by atoms with Gasteiger partial charge in [0.2, 0.25) is 0 Å². The smallest absolute Gasteiger partial charge is 0.236 e. The van der Waals surface area contributed by atoms with E-state index in [2.05, 4.69) is 58.7 Å². The summed E-state index contributed by atoms with van der Waals surface area (Å²) in [6.07, 6.45) is 7.22. The van der Waals surface area contributed by atoms with Crippen molar-refractivity contribution in [3.63, 3.8) is 0 Å². The molecule has 0 radical (unpaired) electrons. The van der Waals surface area contributed by atoms with Gasteiger partial charge in [0.25, 0.3) is 0 Å². The lowest BCUT2D eigenvalue weighted by Crippen LogP contribution is -2.34. The van der Waals surface area contributed by atoms with Crippen molar-refractivity contribution in [1.29, 1.82) is 0 Å². The summed E-state index contributed by atoms with van der Waals surface area (Å²) in [7, 11) is -0.527. The van der Waals surface area contributed by atoms with Crippen LogP contribution < -0.4 is 0 Å². The number of allylic oxidation sites excluding steroid dienone is 1. The van der Waals surface area contributed by atoms with Crippen molar-refractivity contribution in [3.8, 4) is 0 Å². The zero-order valence-corrected chi connectivity index (χ0v) is 19.7. The van der Waals surface area contributed by atoms with Gasteiger partial charge in [-0.25, -0.2) is 8.96 Å². The van der Waals surface area contributed by atoms with Gasteiger partial charge in [0, 0.05) is 20.3 Å². The Morgan fingerprint density at radius 1 is 1.10 bits per heavy atom. The first-order valence-corrected chi connectivity index (χ1v) is 11.5. The second-order valence-electron chi connectivity index (χ2n) is 9.73. The van der Waals surface area contributed by atoms with E-state index in [1.165, 1.54) is 59.8 Å². The topological polar surface area (TPSA) is 55.2 Å². The lowest BCUT2D eigenvalue weighted by Gasteiger charge is -2.42. The number of hydrogen-bond acceptors (Lipinski definition) is 3. The maximum Gasteiger partial charge on any atom is 0.308 e. The first-order valence-electron chi connectivity index (χ1n) is 10.1. The molecule has 0 amide bonds. The highest BCUT2D eigenvalue weighted by Crippen LogP contribution is 2.47. The number of aryl methyl sites for hydroxylation is 1. The van der Waals surface area contributed by atoms with Crippen molar-refractivity contribution in [2.45, 2.75) is 65.2 Å². The number of benzene rings is 1. The van der Waals surface area contributed by atoms with E-state index in [0.29, 0.717) is 5.69 Å².